The minimum absolute atomic E-state index is 0.490. The van der Waals surface area contributed by atoms with Crippen LogP contribution in [0.4, 0.5) is 4.79 Å². The fourth-order valence-corrected chi connectivity index (χ4v) is 1.81. The topological polar surface area (TPSA) is 52.3 Å². The Labute approximate surface area is 99.8 Å². The van der Waals surface area contributed by atoms with Crippen molar-refractivity contribution < 1.29 is 9.53 Å². The van der Waals surface area contributed by atoms with Crippen molar-refractivity contribution in [1.82, 2.24) is 0 Å². The molecule has 0 saturated carbocycles. The summed E-state index contributed by atoms with van der Waals surface area (Å²) in [7, 11) is 0. The molecule has 1 amide bonds. The van der Waals surface area contributed by atoms with Gasteiger partial charge >= 0.3 is 6.09 Å². The van der Waals surface area contributed by atoms with Gasteiger partial charge in [0.25, 0.3) is 0 Å². The minimum Gasteiger partial charge on any atom is -0.410 e. The Bertz CT molecular complexity index is 535. The summed E-state index contributed by atoms with van der Waals surface area (Å²) in [4.78, 5) is 10.9. The summed E-state index contributed by atoms with van der Waals surface area (Å²) in [6.45, 7) is 1.97. The molecular formula is C14H13NO2. The normalized spacial score (nSPS) is 9.94. The zero-order valence-electron chi connectivity index (χ0n) is 9.51. The predicted octanol–water partition coefficient (Wildman–Crippen LogP) is 3.12. The largest absolute Gasteiger partial charge is 0.410 e. The lowest BCUT2D eigenvalue weighted by molar-refractivity contribution is 0.211. The maximum atomic E-state index is 10.9. The second-order valence-corrected chi connectivity index (χ2v) is 3.74. The van der Waals surface area contributed by atoms with Crippen LogP contribution in [0.5, 0.6) is 5.75 Å². The molecule has 0 aliphatic carbocycles. The van der Waals surface area contributed by atoms with Crippen molar-refractivity contribution in [1.29, 1.82) is 0 Å². The van der Waals surface area contributed by atoms with E-state index in [1.165, 1.54) is 0 Å². The zero-order valence-corrected chi connectivity index (χ0v) is 9.51. The molecule has 3 nitrogen and oxygen atoms in total. The highest BCUT2D eigenvalue weighted by Gasteiger charge is 2.10. The standard InChI is InChI=1S/C14H13NO2/c1-10-6-5-9-12(17-14(15)16)13(10)11-7-3-2-4-8-11/h2-9H,1H3,(H2,15,16). The van der Waals surface area contributed by atoms with Crippen molar-refractivity contribution in [2.24, 2.45) is 5.73 Å². The first-order chi connectivity index (χ1) is 8.18. The maximum Gasteiger partial charge on any atom is 0.409 e. The van der Waals surface area contributed by atoms with Crippen LogP contribution in [-0.2, 0) is 0 Å². The average molecular weight is 227 g/mol. The third-order valence-corrected chi connectivity index (χ3v) is 2.51. The van der Waals surface area contributed by atoms with Gasteiger partial charge in [-0.1, -0.05) is 42.5 Å². The number of carbonyl (C=O) groups excluding carboxylic acids is 1. The molecule has 0 unspecified atom stereocenters. The minimum atomic E-state index is -0.798. The molecule has 0 aliphatic heterocycles. The molecule has 2 aromatic rings. The van der Waals surface area contributed by atoms with Crippen LogP contribution in [-0.4, -0.2) is 6.09 Å². The number of nitrogens with two attached hydrogens (primary N) is 1. The molecular weight excluding hydrogens is 214 g/mol. The van der Waals surface area contributed by atoms with Gasteiger partial charge in [-0.15, -0.1) is 0 Å². The third kappa shape index (κ3) is 2.45. The van der Waals surface area contributed by atoms with Gasteiger partial charge in [-0.2, -0.15) is 0 Å². The van der Waals surface area contributed by atoms with Crippen molar-refractivity contribution in [3.63, 3.8) is 0 Å². The monoisotopic (exact) mass is 227 g/mol. The smallest absolute Gasteiger partial charge is 0.409 e. The summed E-state index contributed by atoms with van der Waals surface area (Å²) in [6.07, 6.45) is -0.798. The molecule has 2 aromatic carbocycles. The van der Waals surface area contributed by atoms with Gasteiger partial charge in [0.15, 0.2) is 0 Å². The van der Waals surface area contributed by atoms with E-state index in [-0.39, 0.29) is 0 Å². The molecule has 0 aliphatic rings. The second kappa shape index (κ2) is 4.70. The number of amides is 1. The highest BCUT2D eigenvalue weighted by Crippen LogP contribution is 2.32. The lowest BCUT2D eigenvalue weighted by atomic mass is 10.00. The van der Waals surface area contributed by atoms with Crippen LogP contribution < -0.4 is 10.5 Å². The van der Waals surface area contributed by atoms with Gasteiger partial charge in [0.1, 0.15) is 5.75 Å². The lowest BCUT2D eigenvalue weighted by Crippen LogP contribution is -2.16. The number of benzene rings is 2. The number of rotatable bonds is 2. The lowest BCUT2D eigenvalue weighted by Gasteiger charge is -2.11. The molecule has 3 heteroatoms. The van der Waals surface area contributed by atoms with Crippen LogP contribution in [0.1, 0.15) is 5.56 Å². The Morgan fingerprint density at radius 1 is 1.06 bits per heavy atom. The quantitative estimate of drug-likeness (QED) is 0.856. The van der Waals surface area contributed by atoms with Crippen LogP contribution in [0.2, 0.25) is 0 Å². The summed E-state index contributed by atoms with van der Waals surface area (Å²) in [5.41, 5.74) is 7.99. The highest BCUT2D eigenvalue weighted by molar-refractivity contribution is 5.78. The third-order valence-electron chi connectivity index (χ3n) is 2.51. The van der Waals surface area contributed by atoms with Gasteiger partial charge in [0.05, 0.1) is 0 Å². The first-order valence-electron chi connectivity index (χ1n) is 5.31. The van der Waals surface area contributed by atoms with Crippen LogP contribution in [0.25, 0.3) is 11.1 Å². The summed E-state index contributed by atoms with van der Waals surface area (Å²) < 4.78 is 5.02. The van der Waals surface area contributed by atoms with Gasteiger partial charge in [0, 0.05) is 5.56 Å². The van der Waals surface area contributed by atoms with E-state index in [2.05, 4.69) is 0 Å². The van der Waals surface area contributed by atoms with Crippen molar-refractivity contribution in [3.8, 4) is 16.9 Å². The Hall–Kier alpha value is -2.29. The second-order valence-electron chi connectivity index (χ2n) is 3.74. The van der Waals surface area contributed by atoms with Gasteiger partial charge < -0.3 is 10.5 Å². The van der Waals surface area contributed by atoms with E-state index in [1.807, 2.05) is 49.4 Å². The van der Waals surface area contributed by atoms with Gasteiger partial charge in [-0.25, -0.2) is 4.79 Å². The summed E-state index contributed by atoms with van der Waals surface area (Å²) in [5, 5.41) is 0. The Balaban J connectivity index is 2.55. The molecule has 0 heterocycles. The van der Waals surface area contributed by atoms with Gasteiger partial charge in [-0.05, 0) is 24.1 Å². The SMILES string of the molecule is Cc1cccc(OC(N)=O)c1-c1ccccc1. The van der Waals surface area contributed by atoms with Gasteiger partial charge in [0.2, 0.25) is 0 Å². The number of hydrogen-bond acceptors (Lipinski definition) is 2. The van der Waals surface area contributed by atoms with Crippen LogP contribution in [0, 0.1) is 6.92 Å². The predicted molar refractivity (Wildman–Crippen MR) is 66.8 cm³/mol. The van der Waals surface area contributed by atoms with E-state index in [1.54, 1.807) is 6.07 Å². The number of ether oxygens (including phenoxy) is 1. The number of hydrogen-bond donors (Lipinski definition) is 1. The van der Waals surface area contributed by atoms with E-state index >= 15 is 0 Å². The van der Waals surface area contributed by atoms with E-state index in [4.69, 9.17) is 10.5 Å². The first kappa shape index (κ1) is 11.2. The maximum absolute atomic E-state index is 10.9. The molecule has 0 bridgehead atoms. The first-order valence-corrected chi connectivity index (χ1v) is 5.31. The molecule has 0 saturated heterocycles. The molecule has 0 atom stereocenters. The van der Waals surface area contributed by atoms with E-state index < -0.39 is 6.09 Å². The van der Waals surface area contributed by atoms with Crippen molar-refractivity contribution in [2.75, 3.05) is 0 Å². The number of primary amides is 1. The molecule has 17 heavy (non-hydrogen) atoms. The van der Waals surface area contributed by atoms with E-state index in [0.29, 0.717) is 5.75 Å². The molecule has 86 valence electrons. The molecule has 0 aromatic heterocycles. The molecule has 2 N–H and O–H groups in total. The molecule has 0 spiro atoms. The van der Waals surface area contributed by atoms with Gasteiger partial charge in [-0.3, -0.25) is 0 Å². The highest BCUT2D eigenvalue weighted by atomic mass is 16.5. The number of aryl methyl sites for hydroxylation is 1. The fraction of sp³-hybridized carbons (Fsp3) is 0.0714. The van der Waals surface area contributed by atoms with Crippen molar-refractivity contribution >= 4 is 6.09 Å². The van der Waals surface area contributed by atoms with Crippen LogP contribution in [0.15, 0.2) is 48.5 Å². The summed E-state index contributed by atoms with van der Waals surface area (Å²) >= 11 is 0. The van der Waals surface area contributed by atoms with Crippen LogP contribution >= 0.6 is 0 Å². The number of carbonyl (C=O) groups is 1. The average Bonchev–Trinajstić information content (AvgIpc) is 2.29. The Morgan fingerprint density at radius 3 is 2.41 bits per heavy atom. The van der Waals surface area contributed by atoms with E-state index in [9.17, 15) is 4.79 Å². The molecule has 0 radical (unpaired) electrons. The molecule has 0 fully saturated rings. The molecule has 2 rings (SSSR count). The fourth-order valence-electron chi connectivity index (χ4n) is 1.81. The van der Waals surface area contributed by atoms with Crippen molar-refractivity contribution in [3.05, 3.63) is 54.1 Å². The van der Waals surface area contributed by atoms with Crippen molar-refractivity contribution in [2.45, 2.75) is 6.92 Å². The zero-order chi connectivity index (χ0) is 12.3. The summed E-state index contributed by atoms with van der Waals surface area (Å²) in [5.74, 6) is 0.490. The summed E-state index contributed by atoms with van der Waals surface area (Å²) in [6, 6.07) is 15.3. The van der Waals surface area contributed by atoms with E-state index in [0.717, 1.165) is 16.7 Å². The Morgan fingerprint density at radius 2 is 1.76 bits per heavy atom. The van der Waals surface area contributed by atoms with Crippen LogP contribution in [0.3, 0.4) is 0 Å². The Kier molecular flexibility index (Phi) is 3.10.